The molecule has 30 heavy (non-hydrogen) atoms. The van der Waals surface area contributed by atoms with Crippen molar-refractivity contribution < 1.29 is 9.59 Å². The Balaban J connectivity index is 1.83. The second kappa shape index (κ2) is 19.0. The number of quaternary nitrogens is 1. The van der Waals surface area contributed by atoms with Crippen LogP contribution in [0.15, 0.2) is 17.1 Å². The quantitative estimate of drug-likeness (QED) is 0.117. The fourth-order valence-electron chi connectivity index (χ4n) is 4.88. The predicted molar refractivity (Wildman–Crippen MR) is 133 cm³/mol. The molecule has 3 nitrogen and oxygen atoms in total. The first kappa shape index (κ1) is 27.4. The number of unbranched alkanes of at least 4 members (excludes halogenated alkanes) is 14. The van der Waals surface area contributed by atoms with Gasteiger partial charge in [0.1, 0.15) is 13.1 Å². The van der Waals surface area contributed by atoms with E-state index in [1.807, 2.05) is 0 Å². The highest BCUT2D eigenvalue weighted by Crippen LogP contribution is 2.24. The molecule has 0 bridgehead atoms. The van der Waals surface area contributed by atoms with Crippen molar-refractivity contribution in [3.05, 3.63) is 12.2 Å². The molecule has 0 amide bonds. The molecule has 1 N–H and O–H groups in total. The predicted octanol–water partition coefficient (Wildman–Crippen LogP) is 7.43. The zero-order valence-electron chi connectivity index (χ0n) is 20.5. The van der Waals surface area contributed by atoms with E-state index in [-0.39, 0.29) is 6.61 Å². The summed E-state index contributed by atoms with van der Waals surface area (Å²) in [6, 6.07) is 0. The van der Waals surface area contributed by atoms with E-state index in [1.54, 1.807) is 0 Å². The molecule has 0 saturated heterocycles. The van der Waals surface area contributed by atoms with Crippen LogP contribution in [-0.4, -0.2) is 48.2 Å². The van der Waals surface area contributed by atoms with Gasteiger partial charge in [-0.25, -0.2) is 4.99 Å². The second-order valence-electron chi connectivity index (χ2n) is 9.38. The van der Waals surface area contributed by atoms with Gasteiger partial charge in [-0.15, -0.1) is 0 Å². The normalized spacial score (nSPS) is 21.2. The molecule has 0 aromatic carbocycles. The standard InChI is InChI=1S/C27H53N2O/c1-3-5-6-7-8-9-10-11-12-13-14-15-16-17-18-19-20-21-22-27-28-23-24-29(27,4-2)25-26-30/h5-6,23,27,30H,3-4,7-22,24-26H2,1-2H3/q+1/b6-5+. The Morgan fingerprint density at radius 2 is 1.33 bits per heavy atom. The molecule has 2 unspecified atom stereocenters. The monoisotopic (exact) mass is 421 g/mol. The fraction of sp³-hybridized carbons (Fsp3) is 0.889. The Morgan fingerprint density at radius 3 is 1.83 bits per heavy atom. The molecule has 3 heteroatoms. The summed E-state index contributed by atoms with van der Waals surface area (Å²) >= 11 is 0. The van der Waals surface area contributed by atoms with Crippen LogP contribution in [0.3, 0.4) is 0 Å². The topological polar surface area (TPSA) is 32.6 Å². The SMILES string of the molecule is CC/C=C/CCCCCCCCCCCCCCCCC1N=CC[N+]1(CC)CCO. The fourth-order valence-corrected chi connectivity index (χ4v) is 4.88. The molecule has 2 atom stereocenters. The van der Waals surface area contributed by atoms with E-state index in [1.165, 1.54) is 109 Å². The van der Waals surface area contributed by atoms with Gasteiger partial charge in [0.25, 0.3) is 0 Å². The van der Waals surface area contributed by atoms with Crippen LogP contribution >= 0.6 is 0 Å². The van der Waals surface area contributed by atoms with Crippen LogP contribution in [-0.2, 0) is 0 Å². The first-order valence-electron chi connectivity index (χ1n) is 13.4. The van der Waals surface area contributed by atoms with Crippen molar-refractivity contribution in [2.24, 2.45) is 4.99 Å². The number of aliphatic hydroxyl groups excluding tert-OH is 1. The van der Waals surface area contributed by atoms with Gasteiger partial charge in [-0.1, -0.05) is 96.1 Å². The van der Waals surface area contributed by atoms with E-state index in [9.17, 15) is 5.11 Å². The maximum Gasteiger partial charge on any atom is 0.182 e. The van der Waals surface area contributed by atoms with Gasteiger partial charge in [-0.05, 0) is 32.6 Å². The summed E-state index contributed by atoms with van der Waals surface area (Å²) in [6.07, 6.45) is 30.5. The molecule has 1 rings (SSSR count). The third-order valence-electron chi connectivity index (χ3n) is 7.02. The third kappa shape index (κ3) is 12.2. The number of nitrogens with zero attached hydrogens (tertiary/aromatic N) is 2. The van der Waals surface area contributed by atoms with Crippen molar-refractivity contribution in [1.82, 2.24) is 0 Å². The van der Waals surface area contributed by atoms with E-state index >= 15 is 0 Å². The van der Waals surface area contributed by atoms with Gasteiger partial charge >= 0.3 is 0 Å². The molecular formula is C27H53N2O+. The molecule has 0 radical (unpaired) electrons. The smallest absolute Gasteiger partial charge is 0.182 e. The molecule has 0 aromatic rings. The maximum absolute atomic E-state index is 9.40. The van der Waals surface area contributed by atoms with Crippen LogP contribution in [0.25, 0.3) is 0 Å². The number of aliphatic hydroxyl groups is 1. The molecular weight excluding hydrogens is 368 g/mol. The third-order valence-corrected chi connectivity index (χ3v) is 7.02. The number of likely N-dealkylation sites (N-methyl/N-ethyl adjacent to an activating group) is 1. The highest BCUT2D eigenvalue weighted by atomic mass is 16.3. The van der Waals surface area contributed by atoms with E-state index in [0.29, 0.717) is 6.17 Å². The molecule has 0 spiro atoms. The molecule has 0 saturated carbocycles. The summed E-state index contributed by atoms with van der Waals surface area (Å²) in [4.78, 5) is 4.73. The Morgan fingerprint density at radius 1 is 0.800 bits per heavy atom. The lowest BCUT2D eigenvalue weighted by Gasteiger charge is -2.37. The van der Waals surface area contributed by atoms with Crippen molar-refractivity contribution in [2.45, 2.75) is 129 Å². The number of allylic oxidation sites excluding steroid dienone is 2. The van der Waals surface area contributed by atoms with Crippen molar-refractivity contribution in [2.75, 3.05) is 26.2 Å². The number of aliphatic imine (C=N–C) groups is 1. The van der Waals surface area contributed by atoms with Crippen molar-refractivity contribution in [3.63, 3.8) is 0 Å². The zero-order chi connectivity index (χ0) is 21.8. The van der Waals surface area contributed by atoms with E-state index in [2.05, 4.69) is 32.2 Å². The molecule has 0 aromatic heterocycles. The van der Waals surface area contributed by atoms with Gasteiger partial charge in [0, 0.05) is 6.42 Å². The van der Waals surface area contributed by atoms with Gasteiger partial charge in [0.2, 0.25) is 0 Å². The van der Waals surface area contributed by atoms with E-state index < -0.39 is 0 Å². The van der Waals surface area contributed by atoms with Crippen LogP contribution in [0.1, 0.15) is 123 Å². The lowest BCUT2D eigenvalue weighted by atomic mass is 10.0. The summed E-state index contributed by atoms with van der Waals surface area (Å²) in [5, 5.41) is 9.40. The van der Waals surface area contributed by atoms with Crippen LogP contribution in [0.2, 0.25) is 0 Å². The highest BCUT2D eigenvalue weighted by molar-refractivity contribution is 5.60. The average molecular weight is 422 g/mol. The summed E-state index contributed by atoms with van der Waals surface area (Å²) in [6.45, 7) is 7.69. The van der Waals surface area contributed by atoms with Gasteiger partial charge in [0.15, 0.2) is 6.17 Å². The Labute approximate surface area is 188 Å². The van der Waals surface area contributed by atoms with Crippen molar-refractivity contribution in [3.8, 4) is 0 Å². The van der Waals surface area contributed by atoms with E-state index in [0.717, 1.165) is 24.1 Å². The number of hydrogen-bond donors (Lipinski definition) is 1. The summed E-state index contributed by atoms with van der Waals surface area (Å²) in [5.74, 6) is 0. The van der Waals surface area contributed by atoms with Gasteiger partial charge in [-0.2, -0.15) is 0 Å². The first-order valence-corrected chi connectivity index (χ1v) is 13.4. The number of rotatable bonds is 21. The van der Waals surface area contributed by atoms with Crippen LogP contribution in [0.5, 0.6) is 0 Å². The van der Waals surface area contributed by atoms with Crippen molar-refractivity contribution in [1.29, 1.82) is 0 Å². The van der Waals surface area contributed by atoms with Gasteiger partial charge in [0.05, 0.1) is 19.4 Å². The minimum Gasteiger partial charge on any atom is -0.391 e. The van der Waals surface area contributed by atoms with Crippen LogP contribution in [0.4, 0.5) is 0 Å². The summed E-state index contributed by atoms with van der Waals surface area (Å²) in [5.41, 5.74) is 0. The largest absolute Gasteiger partial charge is 0.391 e. The average Bonchev–Trinajstić information content (AvgIpc) is 3.16. The van der Waals surface area contributed by atoms with E-state index in [4.69, 9.17) is 4.99 Å². The van der Waals surface area contributed by atoms with Crippen LogP contribution in [0, 0.1) is 0 Å². The maximum atomic E-state index is 9.40. The molecule has 176 valence electrons. The minimum atomic E-state index is 0.282. The second-order valence-corrected chi connectivity index (χ2v) is 9.38. The van der Waals surface area contributed by atoms with Gasteiger partial charge in [-0.3, -0.25) is 4.48 Å². The first-order chi connectivity index (χ1) is 14.8. The molecule has 0 aliphatic carbocycles. The molecule has 0 fully saturated rings. The zero-order valence-corrected chi connectivity index (χ0v) is 20.5. The summed E-state index contributed by atoms with van der Waals surface area (Å²) in [7, 11) is 0. The number of hydrogen-bond acceptors (Lipinski definition) is 2. The Kier molecular flexibility index (Phi) is 17.4. The Bertz CT molecular complexity index is 435. The highest BCUT2D eigenvalue weighted by Gasteiger charge is 2.36. The minimum absolute atomic E-state index is 0.282. The summed E-state index contributed by atoms with van der Waals surface area (Å²) < 4.78 is 0.979. The molecule has 1 aliphatic rings. The van der Waals surface area contributed by atoms with Crippen LogP contribution < -0.4 is 0 Å². The lowest BCUT2D eigenvalue weighted by molar-refractivity contribution is -0.936. The molecule has 1 aliphatic heterocycles. The molecule has 1 heterocycles. The lowest BCUT2D eigenvalue weighted by Crippen LogP contribution is -2.53. The Hall–Kier alpha value is -0.670. The van der Waals surface area contributed by atoms with Gasteiger partial charge < -0.3 is 5.11 Å². The van der Waals surface area contributed by atoms with Crippen molar-refractivity contribution >= 4 is 6.21 Å².